The SMILES string of the molecule is COc1ccc(C(=O)OCC(C)=O)cc1S(=O)(=O)NC(C)(C)C. The molecule has 0 aliphatic carbocycles. The first kappa shape index (κ1) is 19.1. The van der Waals surface area contributed by atoms with Gasteiger partial charge in [-0.25, -0.2) is 17.9 Å². The van der Waals surface area contributed by atoms with Gasteiger partial charge in [-0.3, -0.25) is 4.79 Å². The number of carbonyl (C=O) groups excluding carboxylic acids is 2. The van der Waals surface area contributed by atoms with Crippen LogP contribution in [-0.2, 0) is 19.6 Å². The number of ether oxygens (including phenoxy) is 2. The number of hydrogen-bond acceptors (Lipinski definition) is 6. The van der Waals surface area contributed by atoms with E-state index in [1.54, 1.807) is 20.8 Å². The highest BCUT2D eigenvalue weighted by Gasteiger charge is 2.26. The van der Waals surface area contributed by atoms with Gasteiger partial charge in [0.1, 0.15) is 17.3 Å². The molecule has 0 aliphatic rings. The van der Waals surface area contributed by atoms with Crippen LogP contribution in [0.1, 0.15) is 38.1 Å². The van der Waals surface area contributed by atoms with Gasteiger partial charge >= 0.3 is 5.97 Å². The van der Waals surface area contributed by atoms with Crippen LogP contribution in [0.15, 0.2) is 23.1 Å². The van der Waals surface area contributed by atoms with Crippen LogP contribution in [0.4, 0.5) is 0 Å². The predicted molar refractivity (Wildman–Crippen MR) is 84.0 cm³/mol. The number of carbonyl (C=O) groups is 2. The van der Waals surface area contributed by atoms with Gasteiger partial charge in [-0.1, -0.05) is 0 Å². The van der Waals surface area contributed by atoms with Crippen LogP contribution in [-0.4, -0.2) is 39.4 Å². The second-order valence-electron chi connectivity index (χ2n) is 6.00. The summed E-state index contributed by atoms with van der Waals surface area (Å²) in [5, 5.41) is 0. The van der Waals surface area contributed by atoms with Crippen LogP contribution in [0.25, 0.3) is 0 Å². The summed E-state index contributed by atoms with van der Waals surface area (Å²) < 4.78 is 37.3. The van der Waals surface area contributed by atoms with Crippen molar-refractivity contribution in [3.05, 3.63) is 23.8 Å². The lowest BCUT2D eigenvalue weighted by Crippen LogP contribution is -2.40. The second-order valence-corrected chi connectivity index (χ2v) is 7.65. The average molecular weight is 343 g/mol. The fourth-order valence-corrected chi connectivity index (χ4v) is 3.34. The lowest BCUT2D eigenvalue weighted by Gasteiger charge is -2.21. The van der Waals surface area contributed by atoms with Crippen molar-refractivity contribution >= 4 is 21.8 Å². The van der Waals surface area contributed by atoms with Crippen molar-refractivity contribution in [2.45, 2.75) is 38.1 Å². The van der Waals surface area contributed by atoms with E-state index in [2.05, 4.69) is 4.72 Å². The van der Waals surface area contributed by atoms with Crippen molar-refractivity contribution in [1.29, 1.82) is 0 Å². The standard InChI is InChI=1S/C15H21NO6S/c1-10(17)9-22-14(18)11-6-7-12(21-5)13(8-11)23(19,20)16-15(2,3)4/h6-8,16H,9H2,1-5H3. The van der Waals surface area contributed by atoms with E-state index in [4.69, 9.17) is 9.47 Å². The number of Topliss-reactive ketones (excluding diaryl/α,β-unsaturated/α-hetero) is 1. The third kappa shape index (κ3) is 5.65. The molecule has 23 heavy (non-hydrogen) atoms. The molecule has 1 rings (SSSR count). The quantitative estimate of drug-likeness (QED) is 0.786. The number of methoxy groups -OCH3 is 1. The Balaban J connectivity index is 3.23. The first-order valence-electron chi connectivity index (χ1n) is 6.85. The summed E-state index contributed by atoms with van der Waals surface area (Å²) in [6, 6.07) is 3.90. The van der Waals surface area contributed by atoms with Crippen LogP contribution in [0.2, 0.25) is 0 Å². The lowest BCUT2D eigenvalue weighted by atomic mass is 10.1. The number of benzene rings is 1. The largest absolute Gasteiger partial charge is 0.495 e. The average Bonchev–Trinajstić information content (AvgIpc) is 2.41. The van der Waals surface area contributed by atoms with Gasteiger partial charge < -0.3 is 9.47 Å². The summed E-state index contributed by atoms with van der Waals surface area (Å²) in [4.78, 5) is 22.6. The summed E-state index contributed by atoms with van der Waals surface area (Å²) in [7, 11) is -2.57. The Labute approximate surface area is 136 Å². The minimum atomic E-state index is -3.90. The highest BCUT2D eigenvalue weighted by atomic mass is 32.2. The molecule has 1 N–H and O–H groups in total. The third-order valence-corrected chi connectivity index (χ3v) is 4.32. The Morgan fingerprint density at radius 3 is 2.30 bits per heavy atom. The molecule has 0 spiro atoms. The van der Waals surface area contributed by atoms with Crippen molar-refractivity contribution in [3.63, 3.8) is 0 Å². The van der Waals surface area contributed by atoms with Crippen molar-refractivity contribution in [2.24, 2.45) is 0 Å². The smallest absolute Gasteiger partial charge is 0.338 e. The van der Waals surface area contributed by atoms with Crippen molar-refractivity contribution in [1.82, 2.24) is 4.72 Å². The van der Waals surface area contributed by atoms with Crippen molar-refractivity contribution in [3.8, 4) is 5.75 Å². The summed E-state index contributed by atoms with van der Waals surface area (Å²) >= 11 is 0. The van der Waals surface area contributed by atoms with Crippen LogP contribution < -0.4 is 9.46 Å². The zero-order chi connectivity index (χ0) is 17.8. The normalized spacial score (nSPS) is 11.9. The molecule has 0 radical (unpaired) electrons. The molecule has 0 aliphatic heterocycles. The number of esters is 1. The van der Waals surface area contributed by atoms with Gasteiger partial charge in [0.15, 0.2) is 5.78 Å². The van der Waals surface area contributed by atoms with Gasteiger partial charge in [-0.2, -0.15) is 0 Å². The first-order chi connectivity index (χ1) is 10.5. The lowest BCUT2D eigenvalue weighted by molar-refractivity contribution is -0.120. The van der Waals surface area contributed by atoms with E-state index in [1.165, 1.54) is 26.2 Å². The van der Waals surface area contributed by atoms with Gasteiger partial charge in [0, 0.05) is 5.54 Å². The monoisotopic (exact) mass is 343 g/mol. The Kier molecular flexibility index (Phi) is 5.90. The molecule has 8 heteroatoms. The van der Waals surface area contributed by atoms with E-state index < -0.39 is 21.5 Å². The molecule has 0 heterocycles. The molecule has 128 valence electrons. The maximum Gasteiger partial charge on any atom is 0.338 e. The van der Waals surface area contributed by atoms with Crippen LogP contribution in [0.5, 0.6) is 5.75 Å². The fraction of sp³-hybridized carbons (Fsp3) is 0.467. The number of hydrogen-bond donors (Lipinski definition) is 1. The molecule has 0 fully saturated rings. The van der Waals surface area contributed by atoms with E-state index in [0.29, 0.717) is 0 Å². The third-order valence-electron chi connectivity index (χ3n) is 2.54. The minimum Gasteiger partial charge on any atom is -0.495 e. The number of ketones is 1. The van der Waals surface area contributed by atoms with E-state index in [-0.39, 0.29) is 28.6 Å². The van der Waals surface area contributed by atoms with Gasteiger partial charge in [-0.05, 0) is 45.9 Å². The molecule has 1 aromatic rings. The van der Waals surface area contributed by atoms with Gasteiger partial charge in [0.25, 0.3) is 0 Å². The van der Waals surface area contributed by atoms with Crippen LogP contribution in [0.3, 0.4) is 0 Å². The molecule has 0 atom stereocenters. The zero-order valence-corrected chi connectivity index (χ0v) is 14.6. The molecular formula is C15H21NO6S. The molecule has 0 amide bonds. The zero-order valence-electron chi connectivity index (χ0n) is 13.8. The summed E-state index contributed by atoms with van der Waals surface area (Å²) in [5.41, 5.74) is -0.684. The number of rotatable bonds is 6. The van der Waals surface area contributed by atoms with Gasteiger partial charge in [0.2, 0.25) is 10.0 Å². The predicted octanol–water partition coefficient (Wildman–Crippen LogP) is 1.52. The van der Waals surface area contributed by atoms with Gasteiger partial charge in [0.05, 0.1) is 12.7 Å². The number of sulfonamides is 1. The molecule has 0 unspecified atom stereocenters. The molecule has 7 nitrogen and oxygen atoms in total. The maximum atomic E-state index is 12.5. The van der Waals surface area contributed by atoms with Gasteiger partial charge in [-0.15, -0.1) is 0 Å². The Morgan fingerprint density at radius 2 is 1.83 bits per heavy atom. The molecule has 1 aromatic carbocycles. The summed E-state index contributed by atoms with van der Waals surface area (Å²) in [5.74, 6) is -0.992. The minimum absolute atomic E-state index is 0.0151. The Bertz CT molecular complexity index is 703. The summed E-state index contributed by atoms with van der Waals surface area (Å²) in [6.45, 7) is 6.00. The molecule has 0 saturated heterocycles. The van der Waals surface area contributed by atoms with E-state index in [0.717, 1.165) is 6.07 Å². The fourth-order valence-electron chi connectivity index (χ4n) is 1.72. The van der Waals surface area contributed by atoms with E-state index in [1.807, 2.05) is 0 Å². The van der Waals surface area contributed by atoms with Crippen molar-refractivity contribution in [2.75, 3.05) is 13.7 Å². The van der Waals surface area contributed by atoms with Crippen molar-refractivity contribution < 1.29 is 27.5 Å². The molecule has 0 bridgehead atoms. The molecule has 0 saturated carbocycles. The van der Waals surface area contributed by atoms with E-state index >= 15 is 0 Å². The summed E-state index contributed by atoms with van der Waals surface area (Å²) in [6.07, 6.45) is 0. The topological polar surface area (TPSA) is 98.8 Å². The molecule has 0 aromatic heterocycles. The molecular weight excluding hydrogens is 322 g/mol. The Morgan fingerprint density at radius 1 is 1.22 bits per heavy atom. The van der Waals surface area contributed by atoms with E-state index in [9.17, 15) is 18.0 Å². The van der Waals surface area contributed by atoms with Crippen LogP contribution >= 0.6 is 0 Å². The van der Waals surface area contributed by atoms with Crippen LogP contribution in [0, 0.1) is 0 Å². The first-order valence-corrected chi connectivity index (χ1v) is 8.33. The highest BCUT2D eigenvalue weighted by Crippen LogP contribution is 2.26. The second kappa shape index (κ2) is 7.10. The number of nitrogens with one attached hydrogen (secondary N) is 1. The highest BCUT2D eigenvalue weighted by molar-refractivity contribution is 7.89. The maximum absolute atomic E-state index is 12.5. The Hall–Kier alpha value is -1.93.